The Hall–Kier alpha value is -8.37. The number of hydrogen-bond donors (Lipinski definition) is 0. The predicted molar refractivity (Wildman–Crippen MR) is 363 cm³/mol. The third-order valence-electron chi connectivity index (χ3n) is 19.8. The first-order chi connectivity index (χ1) is 46.1. The highest BCUT2D eigenvalue weighted by atomic mass is 35.5. The molecule has 3 saturated heterocycles. The van der Waals surface area contributed by atoms with Crippen LogP contribution in [0.5, 0.6) is 12.0 Å². The van der Waals surface area contributed by atoms with Crippen LogP contribution in [0.3, 0.4) is 0 Å². The molecule has 0 N–H and O–H groups in total. The van der Waals surface area contributed by atoms with Crippen LogP contribution in [0.1, 0.15) is 97.3 Å². The molecule has 14 rings (SSSR count). The second-order valence-corrected chi connectivity index (χ2v) is 26.6. The van der Waals surface area contributed by atoms with Gasteiger partial charge in [-0.3, -0.25) is 19.4 Å². The number of likely N-dealkylation sites (tertiary alicyclic amines) is 2. The molecule has 21 heteroatoms. The normalized spacial score (nSPS) is 20.9. The number of allylic oxidation sites excluding steroid dienone is 1. The van der Waals surface area contributed by atoms with Crippen molar-refractivity contribution in [3.05, 3.63) is 142 Å². The number of amides is 2. The van der Waals surface area contributed by atoms with Gasteiger partial charge in [-0.25, -0.2) is 0 Å². The van der Waals surface area contributed by atoms with Gasteiger partial charge in [0.1, 0.15) is 24.8 Å². The van der Waals surface area contributed by atoms with E-state index >= 15 is 0 Å². The summed E-state index contributed by atoms with van der Waals surface area (Å²) in [6, 6.07) is 28.4. The van der Waals surface area contributed by atoms with E-state index in [0.717, 1.165) is 122 Å². The maximum atomic E-state index is 13.7. The molecule has 94 heavy (non-hydrogen) atoms. The molecule has 2 aromatic heterocycles. The predicted octanol–water partition coefficient (Wildman–Crippen LogP) is 9.81. The summed E-state index contributed by atoms with van der Waals surface area (Å²) in [5, 5.41) is 25.2. The Bertz CT molecular complexity index is 3980. The first-order valence-electron chi connectivity index (χ1n) is 34.0. The van der Waals surface area contributed by atoms with Gasteiger partial charge in [0.05, 0.1) is 91.6 Å². The van der Waals surface area contributed by atoms with Crippen molar-refractivity contribution in [3.8, 4) is 24.2 Å². The molecule has 8 aliphatic rings. The summed E-state index contributed by atoms with van der Waals surface area (Å²) in [6.07, 6.45) is 18.8. The third-order valence-corrected chi connectivity index (χ3v) is 20.1. The lowest BCUT2D eigenvalue weighted by Crippen LogP contribution is -2.55. The number of aryl methyl sites for hydroxylation is 1. The molecule has 0 bridgehead atoms. The van der Waals surface area contributed by atoms with Crippen molar-refractivity contribution in [1.82, 2.24) is 39.5 Å². The lowest BCUT2D eigenvalue weighted by Gasteiger charge is -2.42. The summed E-state index contributed by atoms with van der Waals surface area (Å²) in [6.45, 7) is 14.1. The first kappa shape index (κ1) is 63.0. The van der Waals surface area contributed by atoms with Gasteiger partial charge in [-0.2, -0.15) is 30.5 Å². The minimum absolute atomic E-state index is 0.0291. The zero-order valence-electron chi connectivity index (χ0n) is 53.8. The van der Waals surface area contributed by atoms with Crippen LogP contribution >= 0.6 is 11.6 Å². The van der Waals surface area contributed by atoms with E-state index in [1.54, 1.807) is 17.1 Å². The molecule has 4 aromatic carbocycles. The lowest BCUT2D eigenvalue weighted by atomic mass is 9.98. The zero-order valence-corrected chi connectivity index (χ0v) is 54.6. The van der Waals surface area contributed by atoms with Gasteiger partial charge in [-0.1, -0.05) is 72.3 Å². The van der Waals surface area contributed by atoms with Gasteiger partial charge in [0.25, 0.3) is 5.91 Å². The number of carbonyl (C=O) groups is 2. The Morgan fingerprint density at radius 1 is 0.649 bits per heavy atom. The number of rotatable bonds is 23. The summed E-state index contributed by atoms with van der Waals surface area (Å²) >= 11 is 7.16. The average Bonchev–Trinajstić information content (AvgIpc) is 1.19. The van der Waals surface area contributed by atoms with Crippen molar-refractivity contribution < 1.29 is 28.5 Å². The number of halogens is 1. The monoisotopic (exact) mass is 1290 g/mol. The smallest absolute Gasteiger partial charge is 0.318 e. The van der Waals surface area contributed by atoms with Crippen LogP contribution in [0.2, 0.25) is 5.02 Å². The fourth-order valence-electron chi connectivity index (χ4n) is 14.7. The van der Waals surface area contributed by atoms with E-state index < -0.39 is 0 Å². The van der Waals surface area contributed by atoms with Crippen molar-refractivity contribution in [1.29, 1.82) is 10.5 Å². The third kappa shape index (κ3) is 14.2. The van der Waals surface area contributed by atoms with Crippen molar-refractivity contribution in [3.63, 3.8) is 0 Å². The number of nitriles is 2. The molecule has 6 aromatic rings. The number of benzene rings is 4. The molecule has 0 radical (unpaired) electrons. The van der Waals surface area contributed by atoms with Crippen LogP contribution in [0, 0.1) is 29.6 Å². The molecule has 488 valence electrons. The average molecular weight is 1290 g/mol. The van der Waals surface area contributed by atoms with Gasteiger partial charge in [-0.05, 0) is 131 Å². The molecular formula is C73H83ClN14O6. The molecule has 2 unspecified atom stereocenters. The molecule has 2 aliphatic carbocycles. The molecule has 3 atom stereocenters. The van der Waals surface area contributed by atoms with Crippen molar-refractivity contribution in [2.24, 2.45) is 0 Å². The highest BCUT2D eigenvalue weighted by Crippen LogP contribution is 2.48. The van der Waals surface area contributed by atoms with Crippen molar-refractivity contribution in [2.75, 3.05) is 131 Å². The maximum absolute atomic E-state index is 13.7. The number of aromatic nitrogens is 4. The minimum atomic E-state index is -0.305. The van der Waals surface area contributed by atoms with Gasteiger partial charge in [0.2, 0.25) is 5.91 Å². The highest BCUT2D eigenvalue weighted by molar-refractivity contribution is 6.36. The minimum Gasteiger partial charge on any atom is -0.461 e. The number of fused-ring (bicyclic) bond motifs is 4. The Kier molecular flexibility index (Phi) is 19.2. The Morgan fingerprint density at radius 3 is 2.00 bits per heavy atom. The second-order valence-electron chi connectivity index (χ2n) is 26.2. The van der Waals surface area contributed by atoms with Crippen LogP contribution in [0.4, 0.5) is 23.0 Å². The zero-order chi connectivity index (χ0) is 64.1. The summed E-state index contributed by atoms with van der Waals surface area (Å²) in [7, 11) is 0. The molecular weight excluding hydrogens is 1200 g/mol. The SMILES string of the molecule is Cc1cccc2cccc(N3CCc4c(nc(OCCOC5CC5c5cc(N6CCc7c(nc(OCCOC8CC8)nc7N7C=C(CC#N)N(C(=O)/C=C/CN8CCCC8)CC7)C6)c6c(Cl)cccc6c5)nc4N4CCN(C(=O)/C=C/CN5CCCC5)[C@@H](CC#N)C4)C3)c12. The molecule has 20 nitrogen and oxygen atoms in total. The Morgan fingerprint density at radius 2 is 1.30 bits per heavy atom. The van der Waals surface area contributed by atoms with Crippen LogP contribution in [-0.4, -0.2) is 181 Å². The number of nitrogens with zero attached hydrogens (tertiary/aromatic N) is 14. The quantitative estimate of drug-likeness (QED) is 0.0434. The number of carbonyl (C=O) groups excluding carboxylic acids is 2. The Balaban J connectivity index is 0.678. The van der Waals surface area contributed by atoms with Gasteiger partial charge in [-0.15, -0.1) is 0 Å². The van der Waals surface area contributed by atoms with Crippen molar-refractivity contribution >= 4 is 68.0 Å². The van der Waals surface area contributed by atoms with E-state index in [1.165, 1.54) is 53.3 Å². The molecule has 5 fully saturated rings. The van der Waals surface area contributed by atoms with Gasteiger partial charge >= 0.3 is 12.0 Å². The van der Waals surface area contributed by atoms with Gasteiger partial charge < -0.3 is 48.3 Å². The molecule has 8 heterocycles. The van der Waals surface area contributed by atoms with E-state index in [9.17, 15) is 20.1 Å². The Labute approximate surface area is 555 Å². The standard InChI is InChI=1S/C73H83ClN14O6/c1-50-11-6-12-51-13-8-16-63(68(50)51)83-33-23-57-61(48-83)77-73(80-70(57)85-35-37-87(54(46-85)21-25-75)66(89)17-9-31-81-27-2-3-28-81)94-42-40-92-65-45-59(65)53-43-52-14-7-15-60(74)69(52)64(44-53)84-34-24-58-62(49-84)78-72(93-41-39-91-56-19-20-56)79-71(58)86-36-38-88(55(47-86)22-26-76)67(90)18-10-32-82-29-4-5-30-82/h6-18,43-44,47,54,56,59,65H,2-5,19-24,27-42,45-46,48-49H2,1H3/b17-9+,18-10+/t54-,59?,65?/m0/s1. The summed E-state index contributed by atoms with van der Waals surface area (Å²) in [5.41, 5.74) is 9.03. The van der Waals surface area contributed by atoms with E-state index in [4.69, 9.17) is 50.5 Å². The topological polar surface area (TPSA) is 196 Å². The molecule has 0 spiro atoms. The molecule has 2 amide bonds. The van der Waals surface area contributed by atoms with Crippen molar-refractivity contribution in [2.45, 2.75) is 115 Å². The van der Waals surface area contributed by atoms with Gasteiger partial charge in [0.15, 0.2) is 0 Å². The number of anilines is 4. The van der Waals surface area contributed by atoms with Crippen LogP contribution in [0.15, 0.2) is 103 Å². The highest BCUT2D eigenvalue weighted by Gasteiger charge is 2.41. The number of hydrogen-bond acceptors (Lipinski definition) is 18. The molecule has 2 saturated carbocycles. The fraction of sp³-hybridized carbons (Fsp3) is 0.479. The maximum Gasteiger partial charge on any atom is 0.318 e. The lowest BCUT2D eigenvalue weighted by molar-refractivity contribution is -0.128. The summed E-state index contributed by atoms with van der Waals surface area (Å²) in [4.78, 5) is 65.2. The van der Waals surface area contributed by atoms with E-state index in [2.05, 4.69) is 103 Å². The van der Waals surface area contributed by atoms with Crippen LogP contribution in [-0.2, 0) is 45.0 Å². The second kappa shape index (κ2) is 28.7. The largest absolute Gasteiger partial charge is 0.461 e. The fourth-order valence-corrected chi connectivity index (χ4v) is 15.0. The van der Waals surface area contributed by atoms with Crippen LogP contribution < -0.4 is 29.1 Å². The van der Waals surface area contributed by atoms with E-state index in [-0.39, 0.29) is 67.5 Å². The van der Waals surface area contributed by atoms with E-state index in [0.29, 0.717) is 89.3 Å². The summed E-state index contributed by atoms with van der Waals surface area (Å²) in [5.74, 6) is 1.49. The van der Waals surface area contributed by atoms with Gasteiger partial charge in [0, 0.05) is 116 Å². The van der Waals surface area contributed by atoms with Crippen LogP contribution in [0.25, 0.3) is 21.5 Å². The number of piperazine rings is 1. The summed E-state index contributed by atoms with van der Waals surface area (Å²) < 4.78 is 25.4. The van der Waals surface area contributed by atoms with E-state index in [1.807, 2.05) is 35.4 Å². The first-order valence-corrected chi connectivity index (χ1v) is 34.4. The molecule has 6 aliphatic heterocycles. The number of ether oxygens (including phenoxy) is 4.